The highest BCUT2D eigenvalue weighted by Gasteiger charge is 2.44. The van der Waals surface area contributed by atoms with Crippen LogP contribution in [-0.4, -0.2) is 23.0 Å². The van der Waals surface area contributed by atoms with E-state index < -0.39 is 0 Å². The number of hydrogen-bond acceptors (Lipinski definition) is 4. The van der Waals surface area contributed by atoms with Gasteiger partial charge in [-0.1, -0.05) is 12.8 Å². The Kier molecular flexibility index (Phi) is 3.31. The summed E-state index contributed by atoms with van der Waals surface area (Å²) in [5.74, 6) is 1.03. The van der Waals surface area contributed by atoms with Crippen molar-refractivity contribution in [3.63, 3.8) is 0 Å². The van der Waals surface area contributed by atoms with Gasteiger partial charge in [0.05, 0.1) is 5.56 Å². The van der Waals surface area contributed by atoms with E-state index in [9.17, 15) is 4.79 Å². The van der Waals surface area contributed by atoms with E-state index in [1.54, 1.807) is 12.3 Å². The van der Waals surface area contributed by atoms with Crippen LogP contribution in [0.1, 0.15) is 37.7 Å². The SMILES string of the molecule is N#Cc1ccc(N2[C@H](C(N)=O)C[C@@H]3CCCC[C@@H]32)nc1. The van der Waals surface area contributed by atoms with E-state index in [0.29, 0.717) is 17.5 Å². The topological polar surface area (TPSA) is 83.0 Å². The summed E-state index contributed by atoms with van der Waals surface area (Å²) in [6.45, 7) is 0. The van der Waals surface area contributed by atoms with Gasteiger partial charge in [-0.2, -0.15) is 5.26 Å². The number of nitrogens with two attached hydrogens (primary N) is 1. The van der Waals surface area contributed by atoms with Gasteiger partial charge in [0.15, 0.2) is 0 Å². The average molecular weight is 270 g/mol. The third-order valence-electron chi connectivity index (χ3n) is 4.56. The molecule has 1 aromatic heterocycles. The predicted molar refractivity (Wildman–Crippen MR) is 74.8 cm³/mol. The van der Waals surface area contributed by atoms with Crippen molar-refractivity contribution in [2.45, 2.75) is 44.2 Å². The maximum atomic E-state index is 11.8. The minimum atomic E-state index is -0.273. The average Bonchev–Trinajstić information content (AvgIpc) is 2.87. The number of fused-ring (bicyclic) bond motifs is 1. The summed E-state index contributed by atoms with van der Waals surface area (Å²) in [5.41, 5.74) is 6.11. The summed E-state index contributed by atoms with van der Waals surface area (Å²) < 4.78 is 0. The first-order valence-corrected chi connectivity index (χ1v) is 7.14. The van der Waals surface area contributed by atoms with E-state index >= 15 is 0 Å². The van der Waals surface area contributed by atoms with Crippen LogP contribution in [-0.2, 0) is 4.79 Å². The van der Waals surface area contributed by atoms with Crippen molar-refractivity contribution in [2.24, 2.45) is 11.7 Å². The van der Waals surface area contributed by atoms with Crippen molar-refractivity contribution in [3.05, 3.63) is 23.9 Å². The van der Waals surface area contributed by atoms with E-state index in [2.05, 4.69) is 16.0 Å². The molecule has 2 heterocycles. The summed E-state index contributed by atoms with van der Waals surface area (Å²) in [4.78, 5) is 18.2. The molecule has 3 atom stereocenters. The Hall–Kier alpha value is -2.09. The molecule has 1 saturated heterocycles. The first kappa shape index (κ1) is 12.9. The molecule has 3 rings (SSSR count). The maximum absolute atomic E-state index is 11.8. The number of aromatic nitrogens is 1. The molecule has 2 N–H and O–H groups in total. The molecule has 0 spiro atoms. The number of primary amides is 1. The predicted octanol–water partition coefficient (Wildman–Crippen LogP) is 1.58. The lowest BCUT2D eigenvalue weighted by Crippen LogP contribution is -2.45. The largest absolute Gasteiger partial charge is 0.368 e. The van der Waals surface area contributed by atoms with Crippen LogP contribution in [0.25, 0.3) is 0 Å². The minimum absolute atomic E-state index is 0.261. The van der Waals surface area contributed by atoms with Gasteiger partial charge in [-0.3, -0.25) is 4.79 Å². The van der Waals surface area contributed by atoms with Crippen LogP contribution in [0.2, 0.25) is 0 Å². The zero-order valence-corrected chi connectivity index (χ0v) is 11.3. The third kappa shape index (κ3) is 2.11. The summed E-state index contributed by atoms with van der Waals surface area (Å²) in [7, 11) is 0. The number of rotatable bonds is 2. The van der Waals surface area contributed by atoms with E-state index in [-0.39, 0.29) is 11.9 Å². The van der Waals surface area contributed by atoms with Gasteiger partial charge in [-0.15, -0.1) is 0 Å². The van der Waals surface area contributed by atoms with Crippen molar-refractivity contribution in [3.8, 4) is 6.07 Å². The van der Waals surface area contributed by atoms with Gasteiger partial charge < -0.3 is 10.6 Å². The molecule has 5 nitrogen and oxygen atoms in total. The van der Waals surface area contributed by atoms with Gasteiger partial charge in [0.1, 0.15) is 17.9 Å². The Morgan fingerprint density at radius 2 is 2.20 bits per heavy atom. The number of nitrogens with zero attached hydrogens (tertiary/aromatic N) is 3. The monoisotopic (exact) mass is 270 g/mol. The summed E-state index contributed by atoms with van der Waals surface area (Å²) in [6.07, 6.45) is 7.09. The fourth-order valence-electron chi connectivity index (χ4n) is 3.65. The van der Waals surface area contributed by atoms with Gasteiger partial charge in [-0.05, 0) is 37.3 Å². The second-order valence-electron chi connectivity index (χ2n) is 5.69. The van der Waals surface area contributed by atoms with Crippen molar-refractivity contribution < 1.29 is 4.79 Å². The molecular formula is C15H18N4O. The molecule has 1 aliphatic heterocycles. The molecule has 20 heavy (non-hydrogen) atoms. The van der Waals surface area contributed by atoms with Gasteiger partial charge >= 0.3 is 0 Å². The van der Waals surface area contributed by atoms with Crippen LogP contribution in [0, 0.1) is 17.2 Å². The summed E-state index contributed by atoms with van der Waals surface area (Å²) in [5, 5.41) is 8.84. The van der Waals surface area contributed by atoms with Crippen LogP contribution < -0.4 is 10.6 Å². The fraction of sp³-hybridized carbons (Fsp3) is 0.533. The molecule has 1 amide bonds. The van der Waals surface area contributed by atoms with Crippen molar-refractivity contribution >= 4 is 11.7 Å². The van der Waals surface area contributed by atoms with Crippen LogP contribution in [0.4, 0.5) is 5.82 Å². The Bertz CT molecular complexity index is 548. The number of hydrogen-bond donors (Lipinski definition) is 1. The highest BCUT2D eigenvalue weighted by molar-refractivity contribution is 5.84. The van der Waals surface area contributed by atoms with Gasteiger partial charge in [0, 0.05) is 12.2 Å². The highest BCUT2D eigenvalue weighted by Crippen LogP contribution is 2.41. The van der Waals surface area contributed by atoms with Crippen LogP contribution in [0.5, 0.6) is 0 Å². The molecule has 0 unspecified atom stereocenters. The van der Waals surface area contributed by atoms with E-state index in [4.69, 9.17) is 11.0 Å². The molecule has 1 saturated carbocycles. The molecule has 2 fully saturated rings. The lowest BCUT2D eigenvalue weighted by atomic mass is 9.84. The molecule has 1 aliphatic carbocycles. The Morgan fingerprint density at radius 3 is 2.85 bits per heavy atom. The van der Waals surface area contributed by atoms with E-state index in [1.807, 2.05) is 6.07 Å². The first-order valence-electron chi connectivity index (χ1n) is 7.14. The molecule has 0 radical (unpaired) electrons. The third-order valence-corrected chi connectivity index (χ3v) is 4.56. The number of amides is 1. The van der Waals surface area contributed by atoms with Crippen molar-refractivity contribution in [2.75, 3.05) is 4.90 Å². The van der Waals surface area contributed by atoms with E-state index in [0.717, 1.165) is 18.7 Å². The van der Waals surface area contributed by atoms with Crippen LogP contribution >= 0.6 is 0 Å². The summed E-state index contributed by atoms with van der Waals surface area (Å²) in [6, 6.07) is 5.74. The van der Waals surface area contributed by atoms with E-state index in [1.165, 1.54) is 19.3 Å². The van der Waals surface area contributed by atoms with Crippen LogP contribution in [0.3, 0.4) is 0 Å². The fourth-order valence-corrected chi connectivity index (χ4v) is 3.65. The molecular weight excluding hydrogens is 252 g/mol. The minimum Gasteiger partial charge on any atom is -0.368 e. The lowest BCUT2D eigenvalue weighted by molar-refractivity contribution is -0.119. The maximum Gasteiger partial charge on any atom is 0.240 e. The number of nitriles is 1. The second kappa shape index (κ2) is 5.12. The number of anilines is 1. The number of carbonyl (C=O) groups excluding carboxylic acids is 1. The standard InChI is InChI=1S/C15H18N4O/c16-8-10-5-6-14(18-9-10)19-12-4-2-1-3-11(12)7-13(19)15(17)20/h5-6,9,11-13H,1-4,7H2,(H2,17,20)/t11-,12-,13-/m0/s1. The lowest BCUT2D eigenvalue weighted by Gasteiger charge is -2.34. The number of pyridine rings is 1. The van der Waals surface area contributed by atoms with Crippen molar-refractivity contribution in [1.82, 2.24) is 4.98 Å². The van der Waals surface area contributed by atoms with Gasteiger partial charge in [-0.25, -0.2) is 4.98 Å². The molecule has 5 heteroatoms. The zero-order chi connectivity index (χ0) is 14.1. The first-order chi connectivity index (χ1) is 9.70. The van der Waals surface area contributed by atoms with Crippen LogP contribution in [0.15, 0.2) is 18.3 Å². The normalized spacial score (nSPS) is 28.8. The smallest absolute Gasteiger partial charge is 0.240 e. The Balaban J connectivity index is 1.94. The molecule has 0 bridgehead atoms. The highest BCUT2D eigenvalue weighted by atomic mass is 16.1. The number of carbonyl (C=O) groups is 1. The Labute approximate surface area is 118 Å². The molecule has 1 aromatic rings. The zero-order valence-electron chi connectivity index (χ0n) is 11.3. The molecule has 0 aromatic carbocycles. The quantitative estimate of drug-likeness (QED) is 0.884. The van der Waals surface area contributed by atoms with Crippen molar-refractivity contribution in [1.29, 1.82) is 5.26 Å². The molecule has 104 valence electrons. The summed E-state index contributed by atoms with van der Waals surface area (Å²) >= 11 is 0. The Morgan fingerprint density at radius 1 is 1.40 bits per heavy atom. The molecule has 2 aliphatic rings. The second-order valence-corrected chi connectivity index (χ2v) is 5.69. The van der Waals surface area contributed by atoms with Gasteiger partial charge in [0.25, 0.3) is 0 Å². The van der Waals surface area contributed by atoms with Gasteiger partial charge in [0.2, 0.25) is 5.91 Å².